The highest BCUT2D eigenvalue weighted by Gasteiger charge is 2.41. The molecular formula is C5H9F. The number of rotatable bonds is 0. The minimum absolute atomic E-state index is 0. The van der Waals surface area contributed by atoms with Crippen molar-refractivity contribution in [2.24, 2.45) is 11.8 Å². The molecule has 3 aliphatic rings. The Balaban J connectivity index is 0.000000180. The molecule has 0 unspecified atom stereocenters. The molecule has 1 heteroatoms. The van der Waals surface area contributed by atoms with Crippen LogP contribution in [0.4, 0.5) is 4.70 Å². The summed E-state index contributed by atoms with van der Waals surface area (Å²) in [5, 5.41) is 0. The van der Waals surface area contributed by atoms with Gasteiger partial charge in [0.05, 0.1) is 0 Å². The molecule has 0 atom stereocenters. The molecule has 3 rings (SSSR count). The van der Waals surface area contributed by atoms with E-state index in [0.29, 0.717) is 0 Å². The molecule has 0 N–H and O–H groups in total. The molecule has 0 aromatic carbocycles. The Labute approximate surface area is 36.9 Å². The Morgan fingerprint density at radius 3 is 1.00 bits per heavy atom. The molecule has 36 valence electrons. The van der Waals surface area contributed by atoms with Crippen molar-refractivity contribution in [2.75, 3.05) is 0 Å². The Kier molecular flexibility index (Phi) is 0.652. The lowest BCUT2D eigenvalue weighted by Gasteiger charge is -2.49. The van der Waals surface area contributed by atoms with E-state index in [1.807, 2.05) is 0 Å². The zero-order valence-electron chi connectivity index (χ0n) is 3.68. The third kappa shape index (κ3) is 0.237. The molecule has 0 aromatic rings. The minimum Gasteiger partial charge on any atom is -0.269 e. The summed E-state index contributed by atoms with van der Waals surface area (Å²) in [6.45, 7) is 0. The maximum atomic E-state index is 1.58. The van der Waals surface area contributed by atoms with E-state index in [0.717, 1.165) is 0 Å². The second-order valence-corrected chi connectivity index (χ2v) is 2.44. The lowest BCUT2D eigenvalue weighted by Crippen LogP contribution is -2.38. The van der Waals surface area contributed by atoms with Gasteiger partial charge in [0.1, 0.15) is 0 Å². The van der Waals surface area contributed by atoms with Crippen molar-refractivity contribution < 1.29 is 4.70 Å². The third-order valence-electron chi connectivity index (χ3n) is 2.00. The van der Waals surface area contributed by atoms with Crippen molar-refractivity contribution in [3.8, 4) is 0 Å². The van der Waals surface area contributed by atoms with Crippen LogP contribution in [0.3, 0.4) is 0 Å². The summed E-state index contributed by atoms with van der Waals surface area (Å²) in [7, 11) is 0. The van der Waals surface area contributed by atoms with Crippen LogP contribution in [0.2, 0.25) is 0 Å². The quantitative estimate of drug-likeness (QED) is 0.421. The highest BCUT2D eigenvalue weighted by Crippen LogP contribution is 2.52. The summed E-state index contributed by atoms with van der Waals surface area (Å²) in [6, 6.07) is 0. The molecule has 0 aliphatic heterocycles. The van der Waals surface area contributed by atoms with Gasteiger partial charge in [0.25, 0.3) is 0 Å². The van der Waals surface area contributed by atoms with Crippen LogP contribution in [0.25, 0.3) is 0 Å². The van der Waals surface area contributed by atoms with Gasteiger partial charge in [-0.15, -0.1) is 0 Å². The van der Waals surface area contributed by atoms with Crippen LogP contribution in [0.1, 0.15) is 19.3 Å². The van der Waals surface area contributed by atoms with Gasteiger partial charge in [0, 0.05) is 0 Å². The van der Waals surface area contributed by atoms with Gasteiger partial charge in [0.2, 0.25) is 0 Å². The molecule has 0 spiro atoms. The lowest BCUT2D eigenvalue weighted by atomic mass is 9.56. The maximum absolute atomic E-state index is 1.58. The Hall–Kier alpha value is -0.0700. The van der Waals surface area contributed by atoms with Crippen LogP contribution in [0.15, 0.2) is 0 Å². The SMILES string of the molecule is C1C2CC1C2.F. The molecule has 0 heterocycles. The second-order valence-electron chi connectivity index (χ2n) is 2.44. The molecule has 0 radical (unpaired) electrons. The second kappa shape index (κ2) is 0.955. The van der Waals surface area contributed by atoms with Gasteiger partial charge in [-0.3, -0.25) is 4.70 Å². The summed E-state index contributed by atoms with van der Waals surface area (Å²) in [5.41, 5.74) is 0. The summed E-state index contributed by atoms with van der Waals surface area (Å²) in [5.74, 6) is 2.42. The largest absolute Gasteiger partial charge is 0.269 e. The monoisotopic (exact) mass is 88.1 g/mol. The van der Waals surface area contributed by atoms with Crippen molar-refractivity contribution in [1.29, 1.82) is 0 Å². The molecule has 0 saturated heterocycles. The van der Waals surface area contributed by atoms with E-state index in [1.54, 1.807) is 19.3 Å². The van der Waals surface area contributed by atoms with Gasteiger partial charge in [-0.1, -0.05) is 0 Å². The number of hydrogen-bond acceptors (Lipinski definition) is 0. The van der Waals surface area contributed by atoms with Gasteiger partial charge >= 0.3 is 0 Å². The highest BCUT2D eigenvalue weighted by atomic mass is 19.0. The van der Waals surface area contributed by atoms with Crippen LogP contribution >= 0.6 is 0 Å². The standard InChI is InChI=1S/C5H8.FH/c1-4-2-5(1)3-4;/h4-5H,1-3H2;1H. The fourth-order valence-electron chi connectivity index (χ4n) is 1.21. The molecule has 0 nitrogen and oxygen atoms in total. The summed E-state index contributed by atoms with van der Waals surface area (Å²) in [4.78, 5) is 0. The van der Waals surface area contributed by atoms with E-state index in [-0.39, 0.29) is 4.70 Å². The zero-order chi connectivity index (χ0) is 3.28. The zero-order valence-corrected chi connectivity index (χ0v) is 3.68. The van der Waals surface area contributed by atoms with Gasteiger partial charge < -0.3 is 0 Å². The van der Waals surface area contributed by atoms with E-state index >= 15 is 0 Å². The van der Waals surface area contributed by atoms with Gasteiger partial charge in [-0.05, 0) is 31.1 Å². The van der Waals surface area contributed by atoms with Crippen molar-refractivity contribution in [1.82, 2.24) is 0 Å². The molecule has 3 aliphatic carbocycles. The van der Waals surface area contributed by atoms with Crippen molar-refractivity contribution >= 4 is 0 Å². The highest BCUT2D eigenvalue weighted by molar-refractivity contribution is 4.92. The first-order valence-electron chi connectivity index (χ1n) is 2.45. The maximum Gasteiger partial charge on any atom is -0.0406 e. The van der Waals surface area contributed by atoms with E-state index < -0.39 is 0 Å². The molecule has 6 heavy (non-hydrogen) atoms. The van der Waals surface area contributed by atoms with E-state index in [4.69, 9.17) is 0 Å². The molecule has 0 amide bonds. The van der Waals surface area contributed by atoms with Crippen LogP contribution in [0, 0.1) is 11.8 Å². The third-order valence-corrected chi connectivity index (χ3v) is 2.00. The molecule has 2 bridgehead atoms. The Bertz CT molecular complexity index is 40.7. The average molecular weight is 88.1 g/mol. The predicted octanol–water partition coefficient (Wildman–Crippen LogP) is 1.57. The van der Waals surface area contributed by atoms with Gasteiger partial charge in [-0.25, -0.2) is 0 Å². The Morgan fingerprint density at radius 2 is 1.00 bits per heavy atom. The van der Waals surface area contributed by atoms with Crippen LogP contribution < -0.4 is 0 Å². The molecule has 0 aromatic heterocycles. The van der Waals surface area contributed by atoms with E-state index in [1.165, 1.54) is 11.8 Å². The first-order chi connectivity index (χ1) is 2.45. The summed E-state index contributed by atoms with van der Waals surface area (Å²) >= 11 is 0. The van der Waals surface area contributed by atoms with Crippen molar-refractivity contribution in [3.05, 3.63) is 0 Å². The number of halogens is 1. The smallest absolute Gasteiger partial charge is 0.0406 e. The van der Waals surface area contributed by atoms with E-state index in [2.05, 4.69) is 0 Å². The first kappa shape index (κ1) is 4.10. The minimum atomic E-state index is 0. The topological polar surface area (TPSA) is 0 Å². The molecule has 3 saturated carbocycles. The average Bonchev–Trinajstić information content (AvgIpc) is 0.592. The predicted molar refractivity (Wildman–Crippen MR) is 23.3 cm³/mol. The molecule has 3 fully saturated rings. The fraction of sp³-hybridized carbons (Fsp3) is 1.00. The van der Waals surface area contributed by atoms with Crippen molar-refractivity contribution in [2.45, 2.75) is 19.3 Å². The van der Waals surface area contributed by atoms with E-state index in [9.17, 15) is 0 Å². The Morgan fingerprint density at radius 1 is 0.833 bits per heavy atom. The fourth-order valence-corrected chi connectivity index (χ4v) is 1.21. The van der Waals surface area contributed by atoms with Crippen LogP contribution in [-0.2, 0) is 0 Å². The summed E-state index contributed by atoms with van der Waals surface area (Å²) in [6.07, 6.45) is 4.75. The lowest BCUT2D eigenvalue weighted by molar-refractivity contribution is 0.0198. The van der Waals surface area contributed by atoms with Crippen LogP contribution in [0.5, 0.6) is 0 Å². The normalized spacial score (nSPS) is 48.0. The van der Waals surface area contributed by atoms with Crippen molar-refractivity contribution in [3.63, 3.8) is 0 Å². The first-order valence-corrected chi connectivity index (χ1v) is 2.45. The van der Waals surface area contributed by atoms with Gasteiger partial charge in [-0.2, -0.15) is 0 Å². The summed E-state index contributed by atoms with van der Waals surface area (Å²) < 4.78 is 0. The van der Waals surface area contributed by atoms with Gasteiger partial charge in [0.15, 0.2) is 0 Å². The number of hydrogen-bond donors (Lipinski definition) is 0. The molecular weight excluding hydrogens is 79.1 g/mol. The van der Waals surface area contributed by atoms with Crippen LogP contribution in [-0.4, -0.2) is 0 Å².